The highest BCUT2D eigenvalue weighted by Gasteiger charge is 2.34. The minimum absolute atomic E-state index is 0.0133. The van der Waals surface area contributed by atoms with Crippen molar-refractivity contribution in [2.75, 3.05) is 12.3 Å². The molecule has 1 amide bonds. The van der Waals surface area contributed by atoms with Gasteiger partial charge < -0.3 is 9.64 Å². The van der Waals surface area contributed by atoms with Gasteiger partial charge in [0.15, 0.2) is 0 Å². The Morgan fingerprint density at radius 3 is 2.74 bits per heavy atom. The van der Waals surface area contributed by atoms with Crippen molar-refractivity contribution in [3.8, 4) is 16.9 Å². The van der Waals surface area contributed by atoms with E-state index < -0.39 is 0 Å². The first-order valence-electron chi connectivity index (χ1n) is 9.49. The summed E-state index contributed by atoms with van der Waals surface area (Å²) in [6.45, 7) is 11.2. The standard InChI is InChI=1S/C22H28N2O2S/c1-14(2)12-24-21(25)13-27-22(24)19-11-23-9-8-18(19)17-7-6-16(5)20(10-17)26-15(3)4/h6-11,14-15,22H,12-13H2,1-5H3. The Morgan fingerprint density at radius 1 is 1.26 bits per heavy atom. The zero-order valence-corrected chi connectivity index (χ0v) is 17.5. The van der Waals surface area contributed by atoms with Gasteiger partial charge in [0.2, 0.25) is 5.91 Å². The van der Waals surface area contributed by atoms with Crippen LogP contribution >= 0.6 is 11.8 Å². The Balaban J connectivity index is 2.01. The highest BCUT2D eigenvalue weighted by molar-refractivity contribution is 8.00. The number of thioether (sulfide) groups is 1. The number of hydrogen-bond donors (Lipinski definition) is 0. The van der Waals surface area contributed by atoms with Crippen LogP contribution in [0.4, 0.5) is 0 Å². The molecule has 1 atom stereocenters. The van der Waals surface area contributed by atoms with Crippen LogP contribution in [0.5, 0.6) is 5.75 Å². The summed E-state index contributed by atoms with van der Waals surface area (Å²) in [7, 11) is 0. The van der Waals surface area contributed by atoms with Gasteiger partial charge in [-0.25, -0.2) is 0 Å². The van der Waals surface area contributed by atoms with Crippen LogP contribution < -0.4 is 4.74 Å². The van der Waals surface area contributed by atoms with E-state index in [2.05, 4.69) is 44.0 Å². The number of aryl methyl sites for hydroxylation is 1. The van der Waals surface area contributed by atoms with E-state index in [4.69, 9.17) is 4.74 Å². The van der Waals surface area contributed by atoms with E-state index in [0.29, 0.717) is 11.7 Å². The van der Waals surface area contributed by atoms with Gasteiger partial charge in [-0.15, -0.1) is 11.8 Å². The molecule has 0 saturated carbocycles. The molecule has 2 aromatic rings. The lowest BCUT2D eigenvalue weighted by atomic mass is 9.99. The summed E-state index contributed by atoms with van der Waals surface area (Å²) in [5, 5.41) is 0.0133. The van der Waals surface area contributed by atoms with E-state index in [1.165, 1.54) is 0 Å². The van der Waals surface area contributed by atoms with E-state index >= 15 is 0 Å². The molecule has 1 aromatic heterocycles. The molecule has 1 aliphatic heterocycles. The van der Waals surface area contributed by atoms with E-state index in [9.17, 15) is 4.79 Å². The van der Waals surface area contributed by atoms with Crippen LogP contribution in [0.1, 0.15) is 44.2 Å². The maximum Gasteiger partial charge on any atom is 0.233 e. The van der Waals surface area contributed by atoms with Crippen LogP contribution in [0, 0.1) is 12.8 Å². The summed E-state index contributed by atoms with van der Waals surface area (Å²) in [4.78, 5) is 18.8. The van der Waals surface area contributed by atoms with Crippen LogP contribution in [0.3, 0.4) is 0 Å². The van der Waals surface area contributed by atoms with Crippen molar-refractivity contribution in [1.82, 2.24) is 9.88 Å². The van der Waals surface area contributed by atoms with Crippen molar-refractivity contribution in [3.63, 3.8) is 0 Å². The molecule has 0 aliphatic carbocycles. The Kier molecular flexibility index (Phi) is 6.10. The average molecular weight is 385 g/mol. The fraction of sp³-hybridized carbons (Fsp3) is 0.455. The molecule has 5 heteroatoms. The van der Waals surface area contributed by atoms with Crippen LogP contribution in [0.15, 0.2) is 36.7 Å². The number of rotatable bonds is 6. The Morgan fingerprint density at radius 2 is 2.04 bits per heavy atom. The Bertz CT molecular complexity index is 820. The molecule has 0 radical (unpaired) electrons. The number of carbonyl (C=O) groups is 1. The second kappa shape index (κ2) is 8.34. The van der Waals surface area contributed by atoms with Crippen LogP contribution in [0.25, 0.3) is 11.1 Å². The van der Waals surface area contributed by atoms with Gasteiger partial charge >= 0.3 is 0 Å². The SMILES string of the molecule is Cc1ccc(-c2ccncc2C2SCC(=O)N2CC(C)C)cc1OC(C)C. The second-order valence-corrected chi connectivity index (χ2v) is 8.78. The maximum absolute atomic E-state index is 12.4. The molecule has 1 fully saturated rings. The molecular weight excluding hydrogens is 356 g/mol. The third kappa shape index (κ3) is 4.46. The number of pyridine rings is 1. The third-order valence-corrected chi connectivity index (χ3v) is 5.75. The van der Waals surface area contributed by atoms with Crippen LogP contribution in [-0.4, -0.2) is 34.2 Å². The number of ether oxygens (including phenoxy) is 1. The molecule has 4 nitrogen and oxygen atoms in total. The van der Waals surface area contributed by atoms with Gasteiger partial charge in [0.1, 0.15) is 11.1 Å². The zero-order chi connectivity index (χ0) is 19.6. The molecule has 1 aliphatic rings. The molecule has 2 heterocycles. The molecule has 1 aromatic carbocycles. The minimum atomic E-state index is 0.0133. The van der Waals surface area contributed by atoms with Crippen molar-refractivity contribution in [1.29, 1.82) is 0 Å². The summed E-state index contributed by atoms with van der Waals surface area (Å²) >= 11 is 1.69. The Labute approximate surface area is 166 Å². The van der Waals surface area contributed by atoms with Gasteiger partial charge in [0.25, 0.3) is 0 Å². The van der Waals surface area contributed by atoms with E-state index in [1.54, 1.807) is 11.8 Å². The first-order chi connectivity index (χ1) is 12.9. The summed E-state index contributed by atoms with van der Waals surface area (Å²) in [6, 6.07) is 8.35. The van der Waals surface area contributed by atoms with Gasteiger partial charge in [-0.05, 0) is 55.5 Å². The average Bonchev–Trinajstić information content (AvgIpc) is 2.96. The minimum Gasteiger partial charge on any atom is -0.491 e. The quantitative estimate of drug-likeness (QED) is 0.697. The molecule has 0 bridgehead atoms. The first-order valence-corrected chi connectivity index (χ1v) is 10.5. The van der Waals surface area contributed by atoms with Gasteiger partial charge in [-0.1, -0.05) is 26.0 Å². The summed E-state index contributed by atoms with van der Waals surface area (Å²) < 4.78 is 5.98. The van der Waals surface area contributed by atoms with Gasteiger partial charge in [-0.3, -0.25) is 9.78 Å². The van der Waals surface area contributed by atoms with Gasteiger partial charge in [0.05, 0.1) is 11.9 Å². The largest absolute Gasteiger partial charge is 0.491 e. The molecule has 0 spiro atoms. The Hall–Kier alpha value is -2.01. The molecule has 1 unspecified atom stereocenters. The predicted molar refractivity (Wildman–Crippen MR) is 112 cm³/mol. The highest BCUT2D eigenvalue weighted by atomic mass is 32.2. The lowest BCUT2D eigenvalue weighted by Crippen LogP contribution is -2.31. The first kappa shape index (κ1) is 19.7. The zero-order valence-electron chi connectivity index (χ0n) is 16.7. The van der Waals surface area contributed by atoms with E-state index in [1.807, 2.05) is 37.2 Å². The molecule has 3 rings (SSSR count). The number of benzene rings is 1. The molecule has 144 valence electrons. The summed E-state index contributed by atoms with van der Waals surface area (Å²) in [5.41, 5.74) is 4.42. The molecule has 1 saturated heterocycles. The summed E-state index contributed by atoms with van der Waals surface area (Å²) in [5.74, 6) is 2.07. The maximum atomic E-state index is 12.4. The van der Waals surface area contributed by atoms with Crippen molar-refractivity contribution in [2.45, 2.75) is 46.1 Å². The van der Waals surface area contributed by atoms with Gasteiger partial charge in [0, 0.05) is 24.5 Å². The van der Waals surface area contributed by atoms with Crippen LogP contribution in [-0.2, 0) is 4.79 Å². The normalized spacial score (nSPS) is 17.2. The smallest absolute Gasteiger partial charge is 0.233 e. The van der Waals surface area contributed by atoms with Crippen molar-refractivity contribution in [3.05, 3.63) is 47.8 Å². The van der Waals surface area contributed by atoms with E-state index in [-0.39, 0.29) is 17.4 Å². The number of carbonyl (C=O) groups excluding carboxylic acids is 1. The summed E-state index contributed by atoms with van der Waals surface area (Å²) in [6.07, 6.45) is 3.85. The molecular formula is C22H28N2O2S. The number of amides is 1. The fourth-order valence-corrected chi connectivity index (χ4v) is 4.53. The number of aromatic nitrogens is 1. The highest BCUT2D eigenvalue weighted by Crippen LogP contribution is 2.43. The van der Waals surface area contributed by atoms with Gasteiger partial charge in [-0.2, -0.15) is 0 Å². The predicted octanol–water partition coefficient (Wildman–Crippen LogP) is 5.07. The second-order valence-electron chi connectivity index (χ2n) is 7.71. The lowest BCUT2D eigenvalue weighted by Gasteiger charge is -2.27. The van der Waals surface area contributed by atoms with Crippen molar-refractivity contribution >= 4 is 17.7 Å². The van der Waals surface area contributed by atoms with Crippen molar-refractivity contribution in [2.24, 2.45) is 5.92 Å². The molecule has 27 heavy (non-hydrogen) atoms. The van der Waals surface area contributed by atoms with E-state index in [0.717, 1.165) is 34.5 Å². The topological polar surface area (TPSA) is 42.4 Å². The van der Waals surface area contributed by atoms with Crippen molar-refractivity contribution < 1.29 is 9.53 Å². The lowest BCUT2D eigenvalue weighted by molar-refractivity contribution is -0.128. The van der Waals surface area contributed by atoms with Crippen LogP contribution in [0.2, 0.25) is 0 Å². The monoisotopic (exact) mass is 384 g/mol. The third-order valence-electron chi connectivity index (χ3n) is 4.51. The molecule has 0 N–H and O–H groups in total. The number of hydrogen-bond acceptors (Lipinski definition) is 4. The fourth-order valence-electron chi connectivity index (χ4n) is 3.32. The number of nitrogens with zero attached hydrogens (tertiary/aromatic N) is 2.